The number of carbonyl (C=O) groups excluding carboxylic acids is 1. The molecule has 0 spiro atoms. The van der Waals surface area contributed by atoms with Crippen LogP contribution in [0.2, 0.25) is 0 Å². The summed E-state index contributed by atoms with van der Waals surface area (Å²) in [5.74, 6) is -1.88. The normalized spacial score (nSPS) is 19.2. The van der Waals surface area contributed by atoms with Crippen LogP contribution in [0.3, 0.4) is 0 Å². The molecule has 2 N–H and O–H groups in total. The number of aliphatic carboxylic acids is 2. The van der Waals surface area contributed by atoms with Crippen LogP contribution in [-0.4, -0.2) is 106 Å². The lowest BCUT2D eigenvalue weighted by Gasteiger charge is -2.38. The van der Waals surface area contributed by atoms with Crippen LogP contribution in [0, 0.1) is 0 Å². The van der Waals surface area contributed by atoms with Crippen molar-refractivity contribution in [1.29, 1.82) is 0 Å². The molecular weight excluding hydrogens is 416 g/mol. The molecule has 0 bridgehead atoms. The smallest absolute Gasteiger partial charge is 0.325 e. The van der Waals surface area contributed by atoms with Crippen LogP contribution >= 0.6 is 0 Å². The number of piperazine rings is 1. The van der Waals surface area contributed by atoms with E-state index in [2.05, 4.69) is 4.90 Å². The maximum absolute atomic E-state index is 12.5. The molecule has 1 unspecified atom stereocenters. The summed E-state index contributed by atoms with van der Waals surface area (Å²) in [6, 6.07) is 6.38. The second-order valence-corrected chi connectivity index (χ2v) is 8.17. The zero-order valence-corrected chi connectivity index (χ0v) is 17.9. The van der Waals surface area contributed by atoms with Gasteiger partial charge in [0.25, 0.3) is 0 Å². The quantitative estimate of drug-likeness (QED) is 0.628. The second kappa shape index (κ2) is 9.68. The Balaban J connectivity index is 1.47. The van der Waals surface area contributed by atoms with Crippen LogP contribution < -0.4 is 0 Å². The van der Waals surface area contributed by atoms with E-state index in [0.717, 1.165) is 5.39 Å². The van der Waals surface area contributed by atoms with Gasteiger partial charge in [0.2, 0.25) is 5.91 Å². The predicted octanol–water partition coefficient (Wildman–Crippen LogP) is 0.328. The largest absolute Gasteiger partial charge is 0.480 e. The van der Waals surface area contributed by atoms with Gasteiger partial charge in [0.1, 0.15) is 12.6 Å². The molecule has 3 heterocycles. The highest BCUT2D eigenvalue weighted by Gasteiger charge is 2.33. The fraction of sp³-hybridized carbons (Fsp3) is 0.500. The Morgan fingerprint density at radius 3 is 2.28 bits per heavy atom. The lowest BCUT2D eigenvalue weighted by atomic mass is 10.0. The van der Waals surface area contributed by atoms with E-state index >= 15 is 0 Å². The first-order valence-electron chi connectivity index (χ1n) is 10.8. The van der Waals surface area contributed by atoms with Crippen molar-refractivity contribution < 1.29 is 29.3 Å². The number of morpholine rings is 1. The Labute approximate surface area is 185 Å². The number of benzene rings is 1. The van der Waals surface area contributed by atoms with Crippen LogP contribution in [0.1, 0.15) is 11.6 Å². The number of carboxylic acid groups (broad SMARTS) is 2. The highest BCUT2D eigenvalue weighted by atomic mass is 16.5. The molecule has 0 aliphatic carbocycles. The van der Waals surface area contributed by atoms with E-state index < -0.39 is 18.0 Å². The van der Waals surface area contributed by atoms with Gasteiger partial charge in [-0.15, -0.1) is 0 Å². The van der Waals surface area contributed by atoms with Gasteiger partial charge in [-0.3, -0.25) is 24.2 Å². The molecule has 2 saturated heterocycles. The van der Waals surface area contributed by atoms with Crippen molar-refractivity contribution in [3.05, 3.63) is 36.0 Å². The van der Waals surface area contributed by atoms with Crippen molar-refractivity contribution >= 4 is 28.7 Å². The van der Waals surface area contributed by atoms with Crippen molar-refractivity contribution in [2.45, 2.75) is 12.6 Å². The first-order chi connectivity index (χ1) is 15.4. The van der Waals surface area contributed by atoms with E-state index in [0.29, 0.717) is 70.1 Å². The monoisotopic (exact) mass is 444 g/mol. The summed E-state index contributed by atoms with van der Waals surface area (Å²) in [6.45, 7) is 4.64. The minimum atomic E-state index is -0.984. The molecule has 4 rings (SSSR count). The molecule has 0 saturated carbocycles. The lowest BCUT2D eigenvalue weighted by molar-refractivity contribution is -0.145. The van der Waals surface area contributed by atoms with Gasteiger partial charge in [-0.25, -0.2) is 0 Å². The number of hydrogen-bond donors (Lipinski definition) is 2. The maximum Gasteiger partial charge on any atom is 0.325 e. The molecule has 32 heavy (non-hydrogen) atoms. The molecule has 0 radical (unpaired) electrons. The van der Waals surface area contributed by atoms with Gasteiger partial charge in [-0.1, -0.05) is 18.2 Å². The summed E-state index contributed by atoms with van der Waals surface area (Å²) in [4.78, 5) is 41.8. The van der Waals surface area contributed by atoms with Gasteiger partial charge in [-0.05, 0) is 6.07 Å². The first kappa shape index (κ1) is 22.3. The highest BCUT2D eigenvalue weighted by molar-refractivity contribution is 5.90. The third-order valence-corrected chi connectivity index (χ3v) is 6.15. The van der Waals surface area contributed by atoms with Crippen LogP contribution in [0.25, 0.3) is 10.9 Å². The number of hydrogen-bond acceptors (Lipinski definition) is 6. The molecule has 1 atom stereocenters. The molecular formula is C22H28N4O6. The zero-order chi connectivity index (χ0) is 22.7. The Kier molecular flexibility index (Phi) is 6.73. The zero-order valence-electron chi connectivity index (χ0n) is 17.9. The van der Waals surface area contributed by atoms with E-state index in [1.54, 1.807) is 16.8 Å². The fourth-order valence-corrected chi connectivity index (χ4v) is 4.54. The summed E-state index contributed by atoms with van der Waals surface area (Å²) in [5, 5.41) is 20.0. The summed E-state index contributed by atoms with van der Waals surface area (Å²) >= 11 is 0. The van der Waals surface area contributed by atoms with Crippen LogP contribution in [0.15, 0.2) is 30.5 Å². The van der Waals surface area contributed by atoms with E-state index in [9.17, 15) is 24.6 Å². The molecule has 1 amide bonds. The molecule has 1 aromatic carbocycles. The Morgan fingerprint density at radius 2 is 1.62 bits per heavy atom. The number of ether oxygens (including phenoxy) is 1. The predicted molar refractivity (Wildman–Crippen MR) is 115 cm³/mol. The maximum atomic E-state index is 12.5. The molecule has 10 nitrogen and oxygen atoms in total. The van der Waals surface area contributed by atoms with Gasteiger partial charge in [0, 0.05) is 61.9 Å². The molecule has 2 fully saturated rings. The highest BCUT2D eigenvalue weighted by Crippen LogP contribution is 2.31. The fourth-order valence-electron chi connectivity index (χ4n) is 4.54. The summed E-state index contributed by atoms with van der Waals surface area (Å²) in [6.07, 6.45) is 1.64. The van der Waals surface area contributed by atoms with Gasteiger partial charge in [-0.2, -0.15) is 0 Å². The minimum absolute atomic E-state index is 0.0771. The third-order valence-electron chi connectivity index (χ3n) is 6.15. The Hall–Kier alpha value is -2.95. The van der Waals surface area contributed by atoms with Gasteiger partial charge in [0.05, 0.1) is 19.8 Å². The second-order valence-electron chi connectivity index (χ2n) is 8.17. The van der Waals surface area contributed by atoms with Gasteiger partial charge < -0.3 is 24.4 Å². The molecule has 10 heteroatoms. The van der Waals surface area contributed by atoms with E-state index in [-0.39, 0.29) is 12.5 Å². The SMILES string of the molecule is O=C(O)Cn1cc(C(C(=O)O)N2CCN(CC(=O)N3CCOCC3)CC2)c2ccccc21. The van der Waals surface area contributed by atoms with Crippen LogP contribution in [-0.2, 0) is 25.7 Å². The molecule has 2 aromatic rings. The molecule has 2 aliphatic rings. The van der Waals surface area contributed by atoms with Gasteiger partial charge >= 0.3 is 11.9 Å². The number of fused-ring (bicyclic) bond motifs is 1. The average molecular weight is 444 g/mol. The average Bonchev–Trinajstić information content (AvgIpc) is 3.13. The van der Waals surface area contributed by atoms with Crippen molar-refractivity contribution in [1.82, 2.24) is 19.3 Å². The van der Waals surface area contributed by atoms with E-state index in [1.807, 2.05) is 28.0 Å². The van der Waals surface area contributed by atoms with Crippen molar-refractivity contribution in [2.75, 3.05) is 59.0 Å². The Morgan fingerprint density at radius 1 is 0.938 bits per heavy atom. The summed E-state index contributed by atoms with van der Waals surface area (Å²) < 4.78 is 6.88. The minimum Gasteiger partial charge on any atom is -0.480 e. The first-order valence-corrected chi connectivity index (χ1v) is 10.8. The summed E-state index contributed by atoms with van der Waals surface area (Å²) in [7, 11) is 0. The molecule has 1 aromatic heterocycles. The number of carbonyl (C=O) groups is 3. The Bertz CT molecular complexity index is 991. The van der Waals surface area contributed by atoms with Crippen molar-refractivity contribution in [2.24, 2.45) is 0 Å². The topological polar surface area (TPSA) is 116 Å². The number of para-hydroxylation sites is 1. The standard InChI is InChI=1S/C22H28N4O6/c27-19(24-9-11-32-12-10-24)14-23-5-7-25(8-6-23)21(22(30)31)17-13-26(15-20(28)29)18-4-2-1-3-16(17)18/h1-4,13,21H,5-12,14-15H2,(H,28,29)(H,30,31). The third kappa shape index (κ3) is 4.77. The van der Waals surface area contributed by atoms with Crippen molar-refractivity contribution in [3.8, 4) is 0 Å². The van der Waals surface area contributed by atoms with Gasteiger partial charge in [0.15, 0.2) is 0 Å². The number of amides is 1. The lowest BCUT2D eigenvalue weighted by Crippen LogP contribution is -2.52. The van der Waals surface area contributed by atoms with E-state index in [1.165, 1.54) is 0 Å². The number of aromatic nitrogens is 1. The number of rotatable bonds is 7. The van der Waals surface area contributed by atoms with Crippen molar-refractivity contribution in [3.63, 3.8) is 0 Å². The molecule has 2 aliphatic heterocycles. The summed E-state index contributed by atoms with van der Waals surface area (Å²) in [5.41, 5.74) is 1.29. The van der Waals surface area contributed by atoms with E-state index in [4.69, 9.17) is 4.74 Å². The van der Waals surface area contributed by atoms with Crippen LogP contribution in [0.5, 0.6) is 0 Å². The number of carboxylic acids is 2. The molecule has 172 valence electrons. The van der Waals surface area contributed by atoms with Crippen LogP contribution in [0.4, 0.5) is 0 Å². The number of nitrogens with zero attached hydrogens (tertiary/aromatic N) is 4.